The Kier molecular flexibility index (Phi) is 4.22. The van der Waals surface area contributed by atoms with Crippen LogP contribution in [0.2, 0.25) is 0 Å². The SMILES string of the molecule is COc1ccc2cc(CNC(=O)NC3C4CC5CC(C4)CC3C5)ccc2c1. The Morgan fingerprint density at radius 3 is 2.33 bits per heavy atom. The molecule has 4 nitrogen and oxygen atoms in total. The van der Waals surface area contributed by atoms with Gasteiger partial charge in [-0.05, 0) is 90.3 Å². The van der Waals surface area contributed by atoms with Gasteiger partial charge in [0, 0.05) is 12.6 Å². The van der Waals surface area contributed by atoms with Crippen LogP contribution < -0.4 is 15.4 Å². The maximum atomic E-state index is 12.5. The Hall–Kier alpha value is -2.23. The molecular weight excluding hydrogens is 336 g/mol. The molecule has 4 aliphatic carbocycles. The van der Waals surface area contributed by atoms with Crippen LogP contribution in [0.5, 0.6) is 5.75 Å². The molecule has 2 N–H and O–H groups in total. The minimum Gasteiger partial charge on any atom is -0.497 e. The highest BCUT2D eigenvalue weighted by molar-refractivity contribution is 5.84. The number of fused-ring (bicyclic) bond motifs is 1. The zero-order valence-corrected chi connectivity index (χ0v) is 15.9. The normalized spacial score (nSPS) is 31.1. The minimum absolute atomic E-state index is 0.0118. The topological polar surface area (TPSA) is 50.4 Å². The molecule has 0 heterocycles. The van der Waals surface area contributed by atoms with E-state index in [4.69, 9.17) is 4.74 Å². The van der Waals surface area contributed by atoms with E-state index in [2.05, 4.69) is 34.9 Å². The van der Waals surface area contributed by atoms with Crippen LogP contribution in [0.4, 0.5) is 4.79 Å². The summed E-state index contributed by atoms with van der Waals surface area (Å²) in [7, 11) is 1.68. The molecule has 0 spiro atoms. The summed E-state index contributed by atoms with van der Waals surface area (Å²) in [6.45, 7) is 0.557. The van der Waals surface area contributed by atoms with Crippen LogP contribution in [-0.2, 0) is 6.54 Å². The fraction of sp³-hybridized carbons (Fsp3) is 0.522. The largest absolute Gasteiger partial charge is 0.497 e. The van der Waals surface area contributed by atoms with Gasteiger partial charge in [0.05, 0.1) is 7.11 Å². The van der Waals surface area contributed by atoms with Crippen molar-refractivity contribution in [2.45, 2.75) is 44.7 Å². The molecule has 4 fully saturated rings. The predicted octanol–water partition coefficient (Wildman–Crippen LogP) is 4.47. The summed E-state index contributed by atoms with van der Waals surface area (Å²) in [6.07, 6.45) is 6.75. The molecule has 142 valence electrons. The molecular formula is C23H28N2O2. The van der Waals surface area contributed by atoms with E-state index in [-0.39, 0.29) is 6.03 Å². The summed E-state index contributed by atoms with van der Waals surface area (Å²) >= 11 is 0. The van der Waals surface area contributed by atoms with Crippen molar-refractivity contribution in [1.29, 1.82) is 0 Å². The zero-order chi connectivity index (χ0) is 18.4. The monoisotopic (exact) mass is 364 g/mol. The second-order valence-corrected chi connectivity index (χ2v) is 8.83. The maximum absolute atomic E-state index is 12.5. The zero-order valence-electron chi connectivity index (χ0n) is 15.9. The van der Waals surface area contributed by atoms with Crippen molar-refractivity contribution in [3.63, 3.8) is 0 Å². The van der Waals surface area contributed by atoms with Gasteiger partial charge >= 0.3 is 6.03 Å². The molecule has 4 heteroatoms. The number of ether oxygens (including phenoxy) is 1. The number of rotatable bonds is 4. The molecule has 6 rings (SSSR count). The summed E-state index contributed by atoms with van der Waals surface area (Å²) in [5, 5.41) is 8.70. The van der Waals surface area contributed by atoms with Crippen molar-refractivity contribution in [2.75, 3.05) is 7.11 Å². The lowest BCUT2D eigenvalue weighted by Gasteiger charge is -2.54. The summed E-state index contributed by atoms with van der Waals surface area (Å²) in [6, 6.07) is 12.7. The van der Waals surface area contributed by atoms with Gasteiger partial charge in [-0.3, -0.25) is 0 Å². The number of hydrogen-bond donors (Lipinski definition) is 2. The van der Waals surface area contributed by atoms with E-state index in [0.29, 0.717) is 24.4 Å². The van der Waals surface area contributed by atoms with E-state index in [1.165, 1.54) is 32.1 Å². The Bertz CT molecular complexity index is 835. The molecule has 27 heavy (non-hydrogen) atoms. The van der Waals surface area contributed by atoms with Crippen LogP contribution in [-0.4, -0.2) is 19.2 Å². The third-order valence-corrected chi connectivity index (χ3v) is 7.09. The van der Waals surface area contributed by atoms with Crippen LogP contribution >= 0.6 is 0 Å². The minimum atomic E-state index is -0.0118. The number of methoxy groups -OCH3 is 1. The van der Waals surface area contributed by atoms with Gasteiger partial charge in [0.15, 0.2) is 0 Å². The van der Waals surface area contributed by atoms with E-state index < -0.39 is 0 Å². The lowest BCUT2D eigenvalue weighted by atomic mass is 9.54. The average Bonchev–Trinajstić information content (AvgIpc) is 2.68. The first-order chi connectivity index (χ1) is 13.2. The molecule has 4 bridgehead atoms. The smallest absolute Gasteiger partial charge is 0.315 e. The van der Waals surface area contributed by atoms with Crippen molar-refractivity contribution in [3.8, 4) is 5.75 Å². The van der Waals surface area contributed by atoms with E-state index >= 15 is 0 Å². The molecule has 0 saturated heterocycles. The van der Waals surface area contributed by atoms with Gasteiger partial charge in [-0.25, -0.2) is 4.79 Å². The van der Waals surface area contributed by atoms with E-state index in [1.54, 1.807) is 7.11 Å². The van der Waals surface area contributed by atoms with Crippen molar-refractivity contribution in [2.24, 2.45) is 23.7 Å². The van der Waals surface area contributed by atoms with Crippen LogP contribution in [0.1, 0.15) is 37.7 Å². The van der Waals surface area contributed by atoms with Crippen LogP contribution in [0.3, 0.4) is 0 Å². The molecule has 4 aliphatic rings. The Balaban J connectivity index is 1.20. The van der Waals surface area contributed by atoms with Crippen LogP contribution in [0, 0.1) is 23.7 Å². The van der Waals surface area contributed by atoms with E-state index in [0.717, 1.165) is 33.9 Å². The van der Waals surface area contributed by atoms with Gasteiger partial charge in [0.25, 0.3) is 0 Å². The number of hydrogen-bond acceptors (Lipinski definition) is 2. The van der Waals surface area contributed by atoms with Gasteiger partial charge in [0.2, 0.25) is 0 Å². The van der Waals surface area contributed by atoms with Crippen LogP contribution in [0.25, 0.3) is 10.8 Å². The molecule has 0 atom stereocenters. The molecule has 0 aliphatic heterocycles. The number of nitrogens with one attached hydrogen (secondary N) is 2. The number of carbonyl (C=O) groups excluding carboxylic acids is 1. The molecule has 2 aromatic rings. The maximum Gasteiger partial charge on any atom is 0.315 e. The van der Waals surface area contributed by atoms with E-state index in [1.807, 2.05) is 12.1 Å². The first-order valence-corrected chi connectivity index (χ1v) is 10.3. The van der Waals surface area contributed by atoms with Gasteiger partial charge in [-0.1, -0.05) is 18.2 Å². The van der Waals surface area contributed by atoms with Crippen molar-refractivity contribution < 1.29 is 9.53 Å². The lowest BCUT2D eigenvalue weighted by molar-refractivity contribution is -0.00942. The fourth-order valence-corrected chi connectivity index (χ4v) is 6.06. The third-order valence-electron chi connectivity index (χ3n) is 7.09. The Labute approximate surface area is 160 Å². The van der Waals surface area contributed by atoms with Gasteiger partial charge < -0.3 is 15.4 Å². The predicted molar refractivity (Wildman–Crippen MR) is 107 cm³/mol. The van der Waals surface area contributed by atoms with Crippen molar-refractivity contribution in [1.82, 2.24) is 10.6 Å². The summed E-state index contributed by atoms with van der Waals surface area (Å²) < 4.78 is 5.28. The van der Waals surface area contributed by atoms with Gasteiger partial charge in [-0.2, -0.15) is 0 Å². The number of urea groups is 1. The number of benzene rings is 2. The summed E-state index contributed by atoms with van der Waals surface area (Å²) in [4.78, 5) is 12.5. The van der Waals surface area contributed by atoms with Crippen molar-refractivity contribution in [3.05, 3.63) is 42.0 Å². The molecule has 0 aromatic heterocycles. The third kappa shape index (κ3) is 3.26. The first-order valence-electron chi connectivity index (χ1n) is 10.3. The summed E-state index contributed by atoms with van der Waals surface area (Å²) in [5.74, 6) is 4.16. The second-order valence-electron chi connectivity index (χ2n) is 8.83. The van der Waals surface area contributed by atoms with Gasteiger partial charge in [-0.15, -0.1) is 0 Å². The first kappa shape index (κ1) is 16.9. The highest BCUT2D eigenvalue weighted by Gasteiger charge is 2.48. The lowest BCUT2D eigenvalue weighted by Crippen LogP contribution is -2.57. The number of amides is 2. The van der Waals surface area contributed by atoms with Crippen LogP contribution in [0.15, 0.2) is 36.4 Å². The molecule has 0 unspecified atom stereocenters. The highest BCUT2D eigenvalue weighted by Crippen LogP contribution is 2.53. The molecule has 2 amide bonds. The quantitative estimate of drug-likeness (QED) is 0.841. The number of carbonyl (C=O) groups is 1. The second kappa shape index (κ2) is 6.74. The standard InChI is InChI=1S/C23H28N2O2/c1-27-21-5-4-17-7-14(2-3-18(17)12-21)13-24-23(26)25-22-19-8-15-6-16(10-19)11-20(22)9-15/h2-5,7,12,15-16,19-20,22H,6,8-11,13H2,1H3,(H2,24,25,26). The Morgan fingerprint density at radius 2 is 1.63 bits per heavy atom. The fourth-order valence-electron chi connectivity index (χ4n) is 6.06. The van der Waals surface area contributed by atoms with Gasteiger partial charge in [0.1, 0.15) is 5.75 Å². The average molecular weight is 364 g/mol. The molecule has 0 radical (unpaired) electrons. The van der Waals surface area contributed by atoms with E-state index in [9.17, 15) is 4.79 Å². The van der Waals surface area contributed by atoms with Crippen molar-refractivity contribution >= 4 is 16.8 Å². The Morgan fingerprint density at radius 1 is 0.963 bits per heavy atom. The molecule has 2 aromatic carbocycles. The summed E-state index contributed by atoms with van der Waals surface area (Å²) in [5.41, 5.74) is 1.12. The highest BCUT2D eigenvalue weighted by atomic mass is 16.5. The molecule has 4 saturated carbocycles.